The van der Waals surface area contributed by atoms with Crippen LogP contribution in [0.5, 0.6) is 11.5 Å². The lowest BCUT2D eigenvalue weighted by molar-refractivity contribution is 0.0400. The average Bonchev–Trinajstić information content (AvgIpc) is 3.15. The van der Waals surface area contributed by atoms with Gasteiger partial charge in [0.1, 0.15) is 29.2 Å². The molecule has 7 heteroatoms. The number of rotatable bonds is 13. The van der Waals surface area contributed by atoms with Crippen molar-refractivity contribution in [3.05, 3.63) is 21.7 Å². The smallest absolute Gasteiger partial charge is 0.141 e. The van der Waals surface area contributed by atoms with Gasteiger partial charge in [0.15, 0.2) is 0 Å². The van der Waals surface area contributed by atoms with Crippen LogP contribution in [0.4, 0.5) is 0 Å². The van der Waals surface area contributed by atoms with Gasteiger partial charge in [-0.1, -0.05) is 70.4 Å². The molecule has 1 saturated carbocycles. The van der Waals surface area contributed by atoms with E-state index < -0.39 is 0 Å². The molecule has 0 saturated heterocycles. The van der Waals surface area contributed by atoms with Crippen LogP contribution < -0.4 is 9.47 Å². The van der Waals surface area contributed by atoms with E-state index in [2.05, 4.69) is 45.9 Å². The SMILES string of the molecule is CCCCCCCCCCCN1Cc2cc(OC)c(Br)c3c2[C@@]2(C[C@H]1CO)[C@H](C)CC(=NOC)C[C@H]2O3. The van der Waals surface area contributed by atoms with Crippen molar-refractivity contribution in [2.75, 3.05) is 27.4 Å². The molecule has 4 atom stereocenters. The number of hydrogen-bond donors (Lipinski definition) is 1. The fraction of sp³-hybridized carbons (Fsp3) is 0.767. The molecular weight excluding hydrogens is 532 g/mol. The third kappa shape index (κ3) is 5.84. The van der Waals surface area contributed by atoms with E-state index in [0.717, 1.165) is 54.0 Å². The predicted octanol–water partition coefficient (Wildman–Crippen LogP) is 6.99. The van der Waals surface area contributed by atoms with Crippen LogP contribution in [0, 0.1) is 5.92 Å². The highest BCUT2D eigenvalue weighted by molar-refractivity contribution is 9.10. The highest BCUT2D eigenvalue weighted by Crippen LogP contribution is 2.60. The Morgan fingerprint density at radius 2 is 1.81 bits per heavy atom. The summed E-state index contributed by atoms with van der Waals surface area (Å²) >= 11 is 3.79. The standard InChI is InChI=1S/C30H47BrN2O4/c1-5-6-7-8-9-10-11-12-13-14-33-19-22-16-25(35-3)28(31)29-27(22)30(18-24(33)20-34)21(2)15-23(32-36-4)17-26(30)37-29/h16,21,24,26,34H,5-15,17-20H2,1-4H3/t21-,24+,26-,30+/m1/s1. The van der Waals surface area contributed by atoms with Gasteiger partial charge < -0.3 is 19.4 Å². The first-order chi connectivity index (χ1) is 18.0. The molecule has 0 bridgehead atoms. The molecule has 2 aliphatic heterocycles. The number of unbranched alkanes of at least 4 members (excludes halogenated alkanes) is 8. The number of nitrogens with zero attached hydrogens (tertiary/aromatic N) is 2. The van der Waals surface area contributed by atoms with Crippen LogP contribution in [0.1, 0.15) is 102 Å². The molecule has 6 nitrogen and oxygen atoms in total. The predicted molar refractivity (Wildman–Crippen MR) is 153 cm³/mol. The van der Waals surface area contributed by atoms with E-state index in [1.807, 2.05) is 0 Å². The maximum Gasteiger partial charge on any atom is 0.141 e. The molecule has 1 aromatic carbocycles. The molecule has 3 aliphatic rings. The van der Waals surface area contributed by atoms with Crippen molar-refractivity contribution >= 4 is 21.6 Å². The minimum Gasteiger partial charge on any atom is -0.495 e. The van der Waals surface area contributed by atoms with E-state index in [0.29, 0.717) is 5.92 Å². The largest absolute Gasteiger partial charge is 0.495 e. The summed E-state index contributed by atoms with van der Waals surface area (Å²) in [4.78, 5) is 7.68. The van der Waals surface area contributed by atoms with E-state index >= 15 is 0 Å². The van der Waals surface area contributed by atoms with Crippen LogP contribution >= 0.6 is 15.9 Å². The molecule has 2 heterocycles. The maximum absolute atomic E-state index is 10.6. The van der Waals surface area contributed by atoms with Gasteiger partial charge in [0, 0.05) is 30.0 Å². The lowest BCUT2D eigenvalue weighted by atomic mass is 9.59. The first-order valence-electron chi connectivity index (χ1n) is 14.5. The van der Waals surface area contributed by atoms with Crippen molar-refractivity contribution in [1.29, 1.82) is 0 Å². The molecule has 37 heavy (non-hydrogen) atoms. The monoisotopic (exact) mass is 578 g/mol. The Morgan fingerprint density at radius 1 is 1.11 bits per heavy atom. The number of benzene rings is 1. The van der Waals surface area contributed by atoms with Gasteiger partial charge in [-0.25, -0.2) is 0 Å². The van der Waals surface area contributed by atoms with Gasteiger partial charge in [0.25, 0.3) is 0 Å². The lowest BCUT2D eigenvalue weighted by Crippen LogP contribution is -2.52. The van der Waals surface area contributed by atoms with E-state index in [-0.39, 0.29) is 24.2 Å². The molecule has 0 radical (unpaired) electrons. The average molecular weight is 580 g/mol. The summed E-state index contributed by atoms with van der Waals surface area (Å²) < 4.78 is 13.4. The Balaban J connectivity index is 1.54. The molecule has 1 fully saturated rings. The first-order valence-corrected chi connectivity index (χ1v) is 15.3. The fourth-order valence-electron chi connectivity index (χ4n) is 7.16. The number of aliphatic hydroxyl groups excluding tert-OH is 1. The molecule has 1 aliphatic carbocycles. The Labute approximate surface area is 232 Å². The van der Waals surface area contributed by atoms with Crippen LogP contribution in [-0.4, -0.2) is 55.2 Å². The molecule has 1 spiro atoms. The maximum atomic E-state index is 10.6. The Kier molecular flexibility index (Phi) is 10.2. The third-order valence-electron chi connectivity index (χ3n) is 9.07. The second-order valence-corrected chi connectivity index (χ2v) is 12.2. The summed E-state index contributed by atoms with van der Waals surface area (Å²) in [6, 6.07) is 2.30. The molecule has 208 valence electrons. The molecule has 0 unspecified atom stereocenters. The molecule has 0 aromatic heterocycles. The van der Waals surface area contributed by atoms with E-state index in [9.17, 15) is 5.11 Å². The summed E-state index contributed by atoms with van der Waals surface area (Å²) in [6.07, 6.45) is 14.4. The van der Waals surface area contributed by atoms with Crippen LogP contribution in [0.3, 0.4) is 0 Å². The lowest BCUT2D eigenvalue weighted by Gasteiger charge is -2.45. The van der Waals surface area contributed by atoms with Gasteiger partial charge in [-0.3, -0.25) is 4.90 Å². The van der Waals surface area contributed by atoms with E-state index in [1.165, 1.54) is 68.9 Å². The van der Waals surface area contributed by atoms with Crippen molar-refractivity contribution in [3.63, 3.8) is 0 Å². The van der Waals surface area contributed by atoms with Gasteiger partial charge in [-0.15, -0.1) is 0 Å². The molecule has 0 amide bonds. The zero-order valence-corrected chi connectivity index (χ0v) is 24.9. The summed E-state index contributed by atoms with van der Waals surface area (Å²) in [6.45, 7) is 6.59. The van der Waals surface area contributed by atoms with Crippen LogP contribution in [0.2, 0.25) is 0 Å². The summed E-state index contributed by atoms with van der Waals surface area (Å²) in [5.74, 6) is 2.06. The molecular formula is C30H47BrN2O4. The zero-order chi connectivity index (χ0) is 26.4. The Morgan fingerprint density at radius 3 is 2.46 bits per heavy atom. The number of hydrogen-bond acceptors (Lipinski definition) is 6. The van der Waals surface area contributed by atoms with Crippen LogP contribution in [0.25, 0.3) is 0 Å². The Hall–Kier alpha value is -1.31. The minimum atomic E-state index is -0.160. The van der Waals surface area contributed by atoms with Crippen molar-refractivity contribution in [2.24, 2.45) is 11.1 Å². The quantitative estimate of drug-likeness (QED) is 0.202. The van der Waals surface area contributed by atoms with Crippen molar-refractivity contribution < 1.29 is 19.4 Å². The topological polar surface area (TPSA) is 63.5 Å². The molecule has 1 N–H and O–H groups in total. The minimum absolute atomic E-state index is 0.0241. The van der Waals surface area contributed by atoms with Crippen LogP contribution in [-0.2, 0) is 16.8 Å². The van der Waals surface area contributed by atoms with E-state index in [1.54, 1.807) is 14.2 Å². The third-order valence-corrected chi connectivity index (χ3v) is 9.83. The van der Waals surface area contributed by atoms with Gasteiger partial charge in [0.05, 0.1) is 19.4 Å². The van der Waals surface area contributed by atoms with Gasteiger partial charge in [-0.2, -0.15) is 0 Å². The number of methoxy groups -OCH3 is 1. The first kappa shape index (κ1) is 28.7. The number of ether oxygens (including phenoxy) is 2. The second-order valence-electron chi connectivity index (χ2n) is 11.4. The van der Waals surface area contributed by atoms with Gasteiger partial charge in [0.2, 0.25) is 0 Å². The normalized spacial score (nSPS) is 27.9. The molecule has 4 rings (SSSR count). The highest BCUT2D eigenvalue weighted by atomic mass is 79.9. The van der Waals surface area contributed by atoms with Crippen molar-refractivity contribution in [2.45, 2.75) is 115 Å². The second kappa shape index (κ2) is 13.2. The van der Waals surface area contributed by atoms with Gasteiger partial charge >= 0.3 is 0 Å². The summed E-state index contributed by atoms with van der Waals surface area (Å²) in [7, 11) is 3.33. The zero-order valence-electron chi connectivity index (χ0n) is 23.4. The Bertz CT molecular complexity index is 939. The van der Waals surface area contributed by atoms with Crippen molar-refractivity contribution in [1.82, 2.24) is 4.90 Å². The number of aliphatic hydroxyl groups is 1. The number of halogens is 1. The highest BCUT2D eigenvalue weighted by Gasteiger charge is 2.59. The van der Waals surface area contributed by atoms with E-state index in [4.69, 9.17) is 14.3 Å². The van der Waals surface area contributed by atoms with Crippen molar-refractivity contribution in [3.8, 4) is 11.5 Å². The summed E-state index contributed by atoms with van der Waals surface area (Å²) in [5.41, 5.74) is 3.50. The van der Waals surface area contributed by atoms with Gasteiger partial charge in [-0.05, 0) is 59.3 Å². The van der Waals surface area contributed by atoms with Crippen LogP contribution in [0.15, 0.2) is 15.7 Å². The number of oxime groups is 1. The molecule has 1 aromatic rings. The fourth-order valence-corrected chi connectivity index (χ4v) is 7.72. The summed E-state index contributed by atoms with van der Waals surface area (Å²) in [5, 5.41) is 15.0.